The molecule has 0 radical (unpaired) electrons. The van der Waals surface area contributed by atoms with Crippen molar-refractivity contribution in [1.29, 1.82) is 0 Å². The highest BCUT2D eigenvalue weighted by Gasteiger charge is 2.39. The molecule has 180 valence electrons. The van der Waals surface area contributed by atoms with E-state index in [1.165, 1.54) is 11.2 Å². The minimum absolute atomic E-state index is 0.0887. The van der Waals surface area contributed by atoms with Crippen molar-refractivity contribution in [2.24, 2.45) is 0 Å². The first-order chi connectivity index (χ1) is 15.4. The van der Waals surface area contributed by atoms with Crippen LogP contribution in [0.2, 0.25) is 0 Å². The van der Waals surface area contributed by atoms with Crippen molar-refractivity contribution < 1.29 is 42.2 Å². The number of aromatic nitrogens is 1. The van der Waals surface area contributed by atoms with Crippen LogP contribution >= 0.6 is 0 Å². The number of carbonyl (C=O) groups is 3. The van der Waals surface area contributed by atoms with Crippen LogP contribution < -0.4 is 0 Å². The average molecular weight is 471 g/mol. The number of likely N-dealkylation sites (tertiary alicyclic amines) is 1. The minimum Gasteiger partial charge on any atom is -0.480 e. The van der Waals surface area contributed by atoms with Crippen molar-refractivity contribution in [3.63, 3.8) is 0 Å². The van der Waals surface area contributed by atoms with Crippen molar-refractivity contribution >= 4 is 17.8 Å². The highest BCUT2D eigenvalue weighted by atomic mass is 19.4. The van der Waals surface area contributed by atoms with Gasteiger partial charge in [-0.1, -0.05) is 6.07 Å². The van der Waals surface area contributed by atoms with Gasteiger partial charge in [-0.25, -0.2) is 9.59 Å². The molecule has 0 aliphatic carbocycles. The van der Waals surface area contributed by atoms with Gasteiger partial charge in [-0.05, 0) is 44.5 Å². The van der Waals surface area contributed by atoms with E-state index in [4.69, 9.17) is 14.3 Å². The average Bonchev–Trinajstić information content (AvgIpc) is 3.19. The lowest BCUT2D eigenvalue weighted by atomic mass is 9.95. The number of carboxylic acids is 2. The van der Waals surface area contributed by atoms with Crippen LogP contribution in [0.15, 0.2) is 41.3 Å². The number of carboxylic acid groups (broad SMARTS) is 2. The monoisotopic (exact) mass is 471 g/mol. The molecular weight excluding hydrogens is 447 g/mol. The molecule has 0 bridgehead atoms. The number of piperidine rings is 1. The summed E-state index contributed by atoms with van der Waals surface area (Å²) in [5.74, 6) is -3.50. The van der Waals surface area contributed by atoms with Crippen LogP contribution in [-0.4, -0.2) is 74.7 Å². The standard InChI is InChI=1S/C19H23N3O4.C2HF3O2/c1-13-16(6-9-26-13)18(23)22-8-5-15(10-17(22)19(24)25)21(2)12-14-4-3-7-20-11-14;3-2(4,5)1(6)7/h3-4,6-7,9,11,15,17H,5,8,10,12H2,1-2H3,(H,24,25);(H,6,7). The second kappa shape index (κ2) is 10.9. The molecule has 33 heavy (non-hydrogen) atoms. The van der Waals surface area contributed by atoms with Gasteiger partial charge in [0.25, 0.3) is 5.91 Å². The zero-order valence-electron chi connectivity index (χ0n) is 18.0. The van der Waals surface area contributed by atoms with Crippen molar-refractivity contribution in [3.8, 4) is 0 Å². The Morgan fingerprint density at radius 1 is 1.27 bits per heavy atom. The molecule has 2 N–H and O–H groups in total. The van der Waals surface area contributed by atoms with E-state index < -0.39 is 24.2 Å². The molecule has 1 amide bonds. The molecule has 9 nitrogen and oxygen atoms in total. The Labute approximate surface area is 187 Å². The highest BCUT2D eigenvalue weighted by Crippen LogP contribution is 2.25. The molecular formula is C21H24F3N3O6. The van der Waals surface area contributed by atoms with Gasteiger partial charge in [0.15, 0.2) is 0 Å². The van der Waals surface area contributed by atoms with Gasteiger partial charge in [0.05, 0.1) is 11.8 Å². The topological polar surface area (TPSA) is 124 Å². The Morgan fingerprint density at radius 3 is 2.42 bits per heavy atom. The Kier molecular flexibility index (Phi) is 8.57. The highest BCUT2D eigenvalue weighted by molar-refractivity contribution is 5.97. The molecule has 2 atom stereocenters. The number of amides is 1. The van der Waals surface area contributed by atoms with Crippen LogP contribution in [0, 0.1) is 6.92 Å². The lowest BCUT2D eigenvalue weighted by molar-refractivity contribution is -0.192. The fourth-order valence-corrected chi connectivity index (χ4v) is 3.49. The molecule has 0 aromatic carbocycles. The molecule has 2 aromatic rings. The number of aryl methyl sites for hydroxylation is 1. The third-order valence-corrected chi connectivity index (χ3v) is 5.23. The summed E-state index contributed by atoms with van der Waals surface area (Å²) in [6, 6.07) is 4.73. The fourth-order valence-electron chi connectivity index (χ4n) is 3.49. The van der Waals surface area contributed by atoms with Crippen LogP contribution in [0.3, 0.4) is 0 Å². The van der Waals surface area contributed by atoms with Crippen LogP contribution in [0.1, 0.15) is 34.5 Å². The van der Waals surface area contributed by atoms with E-state index >= 15 is 0 Å². The summed E-state index contributed by atoms with van der Waals surface area (Å²) in [7, 11) is 1.98. The molecule has 1 saturated heterocycles. The SMILES string of the molecule is Cc1occc1C(=O)N1CCC(N(C)Cc2cccnc2)CC1C(=O)O.O=C(O)C(F)(F)F. The number of hydrogen-bond donors (Lipinski definition) is 2. The normalized spacial score (nSPS) is 18.4. The largest absolute Gasteiger partial charge is 0.490 e. The van der Waals surface area contributed by atoms with Crippen molar-refractivity contribution in [3.05, 3.63) is 53.7 Å². The molecule has 1 fully saturated rings. The molecule has 12 heteroatoms. The minimum atomic E-state index is -5.08. The summed E-state index contributed by atoms with van der Waals surface area (Å²) in [5, 5.41) is 16.8. The van der Waals surface area contributed by atoms with Gasteiger partial charge < -0.3 is 19.5 Å². The summed E-state index contributed by atoms with van der Waals surface area (Å²) in [6.45, 7) is 2.81. The lowest BCUT2D eigenvalue weighted by Crippen LogP contribution is -2.54. The maximum Gasteiger partial charge on any atom is 0.490 e. The van der Waals surface area contributed by atoms with E-state index in [-0.39, 0.29) is 11.9 Å². The number of nitrogens with zero attached hydrogens (tertiary/aromatic N) is 3. The summed E-state index contributed by atoms with van der Waals surface area (Å²) in [6.07, 6.45) is 1.03. The van der Waals surface area contributed by atoms with E-state index in [1.807, 2.05) is 25.4 Å². The Bertz CT molecular complexity index is 964. The molecule has 0 saturated carbocycles. The molecule has 3 rings (SSSR count). The van der Waals surface area contributed by atoms with E-state index in [1.54, 1.807) is 19.2 Å². The van der Waals surface area contributed by atoms with E-state index in [2.05, 4.69) is 9.88 Å². The number of halogens is 3. The van der Waals surface area contributed by atoms with E-state index in [9.17, 15) is 27.9 Å². The first kappa shape index (κ1) is 25.8. The second-order valence-electron chi connectivity index (χ2n) is 7.50. The zero-order chi connectivity index (χ0) is 24.8. The van der Waals surface area contributed by atoms with Crippen molar-refractivity contribution in [1.82, 2.24) is 14.8 Å². The number of carbonyl (C=O) groups excluding carboxylic acids is 1. The maximum absolute atomic E-state index is 12.7. The van der Waals surface area contributed by atoms with Gasteiger partial charge in [0, 0.05) is 31.5 Å². The van der Waals surface area contributed by atoms with Gasteiger partial charge >= 0.3 is 18.1 Å². The molecule has 1 aliphatic heterocycles. The second-order valence-corrected chi connectivity index (χ2v) is 7.50. The van der Waals surface area contributed by atoms with Crippen molar-refractivity contribution in [2.45, 2.75) is 44.6 Å². The smallest absolute Gasteiger partial charge is 0.480 e. The third-order valence-electron chi connectivity index (χ3n) is 5.23. The summed E-state index contributed by atoms with van der Waals surface area (Å²) >= 11 is 0. The maximum atomic E-state index is 12.7. The van der Waals surface area contributed by atoms with Crippen LogP contribution in [0.25, 0.3) is 0 Å². The predicted molar refractivity (Wildman–Crippen MR) is 108 cm³/mol. The van der Waals surface area contributed by atoms with Crippen LogP contribution in [0.5, 0.6) is 0 Å². The quantitative estimate of drug-likeness (QED) is 0.682. The van der Waals surface area contributed by atoms with Gasteiger partial charge in [-0.15, -0.1) is 0 Å². The fraction of sp³-hybridized carbons (Fsp3) is 0.429. The predicted octanol–water partition coefficient (Wildman–Crippen LogP) is 2.81. The number of alkyl halides is 3. The summed E-state index contributed by atoms with van der Waals surface area (Å²) in [4.78, 5) is 41.2. The Balaban J connectivity index is 0.000000479. The van der Waals surface area contributed by atoms with Gasteiger partial charge in [-0.2, -0.15) is 13.2 Å². The Hall–Kier alpha value is -3.41. The lowest BCUT2D eigenvalue weighted by Gasteiger charge is -2.40. The summed E-state index contributed by atoms with van der Waals surface area (Å²) < 4.78 is 36.9. The van der Waals surface area contributed by atoms with Gasteiger partial charge in [0.1, 0.15) is 11.8 Å². The number of pyridine rings is 1. The van der Waals surface area contributed by atoms with E-state index in [0.29, 0.717) is 30.8 Å². The third kappa shape index (κ3) is 7.04. The number of aliphatic carboxylic acids is 2. The zero-order valence-corrected chi connectivity index (χ0v) is 18.0. The Morgan fingerprint density at radius 2 is 1.94 bits per heavy atom. The van der Waals surface area contributed by atoms with Crippen LogP contribution in [0.4, 0.5) is 13.2 Å². The number of hydrogen-bond acceptors (Lipinski definition) is 6. The van der Waals surface area contributed by atoms with Gasteiger partial charge in [0.2, 0.25) is 0 Å². The number of furan rings is 1. The van der Waals surface area contributed by atoms with Crippen molar-refractivity contribution in [2.75, 3.05) is 13.6 Å². The molecule has 2 aromatic heterocycles. The van der Waals surface area contributed by atoms with E-state index in [0.717, 1.165) is 12.0 Å². The first-order valence-corrected chi connectivity index (χ1v) is 9.89. The molecule has 2 unspecified atom stereocenters. The summed E-state index contributed by atoms with van der Waals surface area (Å²) in [5.41, 5.74) is 1.51. The van der Waals surface area contributed by atoms with Gasteiger partial charge in [-0.3, -0.25) is 14.7 Å². The first-order valence-electron chi connectivity index (χ1n) is 9.89. The molecule has 0 spiro atoms. The van der Waals surface area contributed by atoms with Crippen LogP contribution in [-0.2, 0) is 16.1 Å². The number of rotatable bonds is 5. The molecule has 1 aliphatic rings. The molecule has 3 heterocycles.